The summed E-state index contributed by atoms with van der Waals surface area (Å²) < 4.78 is 40.0. The van der Waals surface area contributed by atoms with E-state index in [1.807, 2.05) is 44.2 Å². The standard InChI is InChI=1S/C24H37N3O8S/c1-15(2)12-18(27-23(31)35-24(3,4)14-16-8-6-5-7-9-16)21(29)26-19(22(30)36(32,33)34)13-17-10-11-25-20(17)28/h5-9,15,17-19,22,30H,10-14H2,1-4H3,(H,25,28)(H,26,29)(H,27,31)(H,32,33,34)/p-1/t17-,18-,19-,22?/m0/s1. The molecule has 1 aliphatic rings. The predicted molar refractivity (Wildman–Crippen MR) is 130 cm³/mol. The van der Waals surface area contributed by atoms with Crippen LogP contribution in [-0.2, 0) is 30.9 Å². The van der Waals surface area contributed by atoms with Crippen LogP contribution in [0.1, 0.15) is 52.5 Å². The van der Waals surface area contributed by atoms with E-state index in [4.69, 9.17) is 4.74 Å². The second kappa shape index (κ2) is 12.5. The molecule has 0 saturated carbocycles. The normalized spacial score (nSPS) is 18.8. The highest BCUT2D eigenvalue weighted by Gasteiger charge is 2.36. The Hall–Kier alpha value is -2.70. The van der Waals surface area contributed by atoms with Crippen molar-refractivity contribution in [3.8, 4) is 0 Å². The van der Waals surface area contributed by atoms with Gasteiger partial charge >= 0.3 is 6.09 Å². The van der Waals surface area contributed by atoms with Crippen molar-refractivity contribution in [2.75, 3.05) is 6.54 Å². The summed E-state index contributed by atoms with van der Waals surface area (Å²) in [4.78, 5) is 37.7. The minimum atomic E-state index is -5.19. The highest BCUT2D eigenvalue weighted by molar-refractivity contribution is 7.86. The summed E-state index contributed by atoms with van der Waals surface area (Å²) in [5.41, 5.74) is -2.39. The Morgan fingerprint density at radius 3 is 2.39 bits per heavy atom. The topological polar surface area (TPSA) is 174 Å². The molecule has 0 aliphatic carbocycles. The minimum Gasteiger partial charge on any atom is -0.746 e. The van der Waals surface area contributed by atoms with Gasteiger partial charge in [0.15, 0.2) is 5.44 Å². The van der Waals surface area contributed by atoms with Crippen molar-refractivity contribution in [3.63, 3.8) is 0 Å². The molecule has 1 aliphatic heterocycles. The molecule has 1 heterocycles. The third-order valence-corrected chi connectivity index (χ3v) is 6.75. The first kappa shape index (κ1) is 29.5. The van der Waals surface area contributed by atoms with Crippen LogP contribution in [0.5, 0.6) is 0 Å². The van der Waals surface area contributed by atoms with Gasteiger partial charge in [-0.05, 0) is 44.6 Å². The highest BCUT2D eigenvalue weighted by Crippen LogP contribution is 2.21. The van der Waals surface area contributed by atoms with Crippen LogP contribution in [0.4, 0.5) is 4.79 Å². The lowest BCUT2D eigenvalue weighted by Crippen LogP contribution is -2.55. The number of hydrogen-bond acceptors (Lipinski definition) is 8. The number of hydrogen-bond donors (Lipinski definition) is 4. The van der Waals surface area contributed by atoms with E-state index in [2.05, 4.69) is 16.0 Å². The number of ether oxygens (including phenoxy) is 1. The maximum Gasteiger partial charge on any atom is 0.408 e. The average molecular weight is 527 g/mol. The Balaban J connectivity index is 2.12. The summed E-state index contributed by atoms with van der Waals surface area (Å²) in [5, 5.41) is 17.6. The second-order valence-electron chi connectivity index (χ2n) is 10.1. The number of benzene rings is 1. The van der Waals surface area contributed by atoms with Gasteiger partial charge in [0.25, 0.3) is 0 Å². The second-order valence-corrected chi connectivity index (χ2v) is 11.6. The summed E-state index contributed by atoms with van der Waals surface area (Å²) >= 11 is 0. The molecular formula is C24H36N3O8S-. The summed E-state index contributed by atoms with van der Waals surface area (Å²) in [6.45, 7) is 7.48. The van der Waals surface area contributed by atoms with Crippen molar-refractivity contribution >= 4 is 28.0 Å². The van der Waals surface area contributed by atoms with Crippen molar-refractivity contribution in [1.82, 2.24) is 16.0 Å². The zero-order valence-corrected chi connectivity index (χ0v) is 21.8. The lowest BCUT2D eigenvalue weighted by molar-refractivity contribution is -0.126. The quantitative estimate of drug-likeness (QED) is 0.292. The fourth-order valence-corrected chi connectivity index (χ4v) is 4.74. The number of carbonyl (C=O) groups is 3. The van der Waals surface area contributed by atoms with Crippen LogP contribution >= 0.6 is 0 Å². The fourth-order valence-electron chi connectivity index (χ4n) is 4.16. The van der Waals surface area contributed by atoms with Gasteiger partial charge in [-0.1, -0.05) is 44.2 Å². The van der Waals surface area contributed by atoms with Crippen molar-refractivity contribution in [1.29, 1.82) is 0 Å². The maximum absolute atomic E-state index is 13.1. The van der Waals surface area contributed by atoms with Gasteiger partial charge < -0.3 is 30.3 Å². The van der Waals surface area contributed by atoms with Gasteiger partial charge in [0.05, 0.1) is 6.04 Å². The molecule has 11 nitrogen and oxygen atoms in total. The van der Waals surface area contributed by atoms with E-state index in [0.717, 1.165) is 5.56 Å². The number of nitrogens with one attached hydrogen (secondary N) is 3. The van der Waals surface area contributed by atoms with Crippen LogP contribution in [0.25, 0.3) is 0 Å². The molecule has 4 atom stereocenters. The van der Waals surface area contributed by atoms with Gasteiger partial charge in [0.1, 0.15) is 21.8 Å². The Kier molecular flexibility index (Phi) is 10.3. The summed E-state index contributed by atoms with van der Waals surface area (Å²) in [5.74, 6) is -1.88. The summed E-state index contributed by atoms with van der Waals surface area (Å²) in [6, 6.07) is 6.76. The van der Waals surface area contributed by atoms with Gasteiger partial charge in [-0.2, -0.15) is 0 Å². The number of amides is 3. The highest BCUT2D eigenvalue weighted by atomic mass is 32.2. The van der Waals surface area contributed by atoms with E-state index in [9.17, 15) is 32.5 Å². The minimum absolute atomic E-state index is 0.0504. The van der Waals surface area contributed by atoms with Gasteiger partial charge in [-0.25, -0.2) is 13.2 Å². The number of alkyl carbamates (subject to hydrolysis) is 1. The first-order valence-corrected chi connectivity index (χ1v) is 13.4. The monoisotopic (exact) mass is 526 g/mol. The average Bonchev–Trinajstić information content (AvgIpc) is 3.15. The molecule has 3 amide bonds. The van der Waals surface area contributed by atoms with Crippen molar-refractivity contribution in [2.45, 2.75) is 76.5 Å². The zero-order chi connectivity index (χ0) is 27.1. The fraction of sp³-hybridized carbons (Fsp3) is 0.625. The first-order chi connectivity index (χ1) is 16.7. The Morgan fingerprint density at radius 1 is 1.22 bits per heavy atom. The summed E-state index contributed by atoms with van der Waals surface area (Å²) in [7, 11) is -5.19. The molecule has 4 N–H and O–H groups in total. The van der Waals surface area contributed by atoms with Crippen LogP contribution in [0.15, 0.2) is 30.3 Å². The molecule has 1 saturated heterocycles. The lowest BCUT2D eigenvalue weighted by atomic mass is 9.97. The SMILES string of the molecule is CC(C)C[C@H](NC(=O)OC(C)(C)Cc1ccccc1)C(=O)N[C@@H](C[C@@H]1CCNC1=O)C(O)S(=O)(=O)[O-]. The van der Waals surface area contributed by atoms with E-state index in [0.29, 0.717) is 19.4 Å². The van der Waals surface area contributed by atoms with Crippen LogP contribution in [0, 0.1) is 11.8 Å². The molecule has 12 heteroatoms. The largest absolute Gasteiger partial charge is 0.746 e. The van der Waals surface area contributed by atoms with Crippen molar-refractivity contribution < 1.29 is 37.2 Å². The molecular weight excluding hydrogens is 490 g/mol. The van der Waals surface area contributed by atoms with Gasteiger partial charge in [0.2, 0.25) is 11.8 Å². The van der Waals surface area contributed by atoms with Crippen LogP contribution in [-0.4, -0.2) is 65.7 Å². The third kappa shape index (κ3) is 9.40. The third-order valence-electron chi connectivity index (χ3n) is 5.83. The van der Waals surface area contributed by atoms with Gasteiger partial charge in [-0.3, -0.25) is 9.59 Å². The zero-order valence-electron chi connectivity index (χ0n) is 21.0. The van der Waals surface area contributed by atoms with Gasteiger partial charge in [-0.15, -0.1) is 0 Å². The first-order valence-electron chi connectivity index (χ1n) is 11.9. The number of aliphatic hydroxyl groups excluding tert-OH is 1. The predicted octanol–water partition coefficient (Wildman–Crippen LogP) is 1.02. The Bertz CT molecular complexity index is 1010. The van der Waals surface area contributed by atoms with E-state index in [1.165, 1.54) is 0 Å². The maximum atomic E-state index is 13.1. The summed E-state index contributed by atoms with van der Waals surface area (Å²) in [6.07, 6.45) is -0.116. The van der Waals surface area contributed by atoms with Crippen LogP contribution in [0.2, 0.25) is 0 Å². The van der Waals surface area contributed by atoms with Crippen molar-refractivity contribution in [2.24, 2.45) is 11.8 Å². The number of aliphatic hydroxyl groups is 1. The molecule has 2 rings (SSSR count). The van der Waals surface area contributed by atoms with Crippen LogP contribution in [0.3, 0.4) is 0 Å². The van der Waals surface area contributed by atoms with Crippen LogP contribution < -0.4 is 16.0 Å². The lowest BCUT2D eigenvalue weighted by Gasteiger charge is -2.30. The molecule has 1 fully saturated rings. The molecule has 202 valence electrons. The van der Waals surface area contributed by atoms with Crippen molar-refractivity contribution in [3.05, 3.63) is 35.9 Å². The number of rotatable bonds is 12. The molecule has 36 heavy (non-hydrogen) atoms. The smallest absolute Gasteiger partial charge is 0.408 e. The van der Waals surface area contributed by atoms with E-state index in [1.54, 1.807) is 13.8 Å². The molecule has 0 spiro atoms. The molecule has 1 aromatic rings. The number of carbonyl (C=O) groups excluding carboxylic acids is 3. The Labute approximate surface area is 212 Å². The molecule has 0 aromatic heterocycles. The molecule has 1 unspecified atom stereocenters. The molecule has 0 radical (unpaired) electrons. The Morgan fingerprint density at radius 2 is 1.86 bits per heavy atom. The van der Waals surface area contributed by atoms with E-state index >= 15 is 0 Å². The van der Waals surface area contributed by atoms with E-state index < -0.39 is 51.2 Å². The van der Waals surface area contributed by atoms with E-state index in [-0.39, 0.29) is 24.7 Å². The molecule has 0 bridgehead atoms. The molecule has 1 aromatic carbocycles. The van der Waals surface area contributed by atoms with Gasteiger partial charge in [0, 0.05) is 18.9 Å².